The van der Waals surface area contributed by atoms with Crippen LogP contribution in [-0.4, -0.2) is 42.1 Å². The Balaban J connectivity index is 1.71. The fourth-order valence-electron chi connectivity index (χ4n) is 4.75. The molecule has 4 rings (SSSR count). The first-order valence-electron chi connectivity index (χ1n) is 11.7. The normalized spacial score (nSPS) is 14.7. The third kappa shape index (κ3) is 4.55. The number of Topliss-reactive ketones (excluding diaryl/α,β-unsaturated/α-hetero) is 1. The van der Waals surface area contributed by atoms with Crippen LogP contribution in [0.2, 0.25) is 0 Å². The van der Waals surface area contributed by atoms with E-state index in [1.165, 1.54) is 13.1 Å². The van der Waals surface area contributed by atoms with Crippen molar-refractivity contribution in [1.29, 1.82) is 5.41 Å². The minimum atomic E-state index is -1.04. The molecule has 3 heterocycles. The second kappa shape index (κ2) is 9.73. The predicted octanol–water partition coefficient (Wildman–Crippen LogP) is 4.03. The van der Waals surface area contributed by atoms with Gasteiger partial charge in [-0.3, -0.25) is 19.0 Å². The number of nitrogens with one attached hydrogen (secondary N) is 2. The molecule has 0 aromatic carbocycles. The Bertz CT molecular complexity index is 1370. The molecule has 35 heavy (non-hydrogen) atoms. The number of aliphatic carboxylic acids is 1. The lowest BCUT2D eigenvalue weighted by atomic mass is 9.95. The van der Waals surface area contributed by atoms with Crippen LogP contribution in [0.15, 0.2) is 29.3 Å². The molecule has 0 spiro atoms. The lowest BCUT2D eigenvalue weighted by Crippen LogP contribution is -2.30. The number of aryl methyl sites for hydroxylation is 1. The molecule has 3 N–H and O–H groups in total. The summed E-state index contributed by atoms with van der Waals surface area (Å²) in [7, 11) is 0. The molecular weight excluding hydrogens is 448 g/mol. The van der Waals surface area contributed by atoms with Gasteiger partial charge >= 0.3 is 5.97 Å². The Morgan fingerprint density at radius 1 is 1.23 bits per heavy atom. The quantitative estimate of drug-likeness (QED) is 0.325. The maximum atomic E-state index is 13.3. The van der Waals surface area contributed by atoms with Crippen molar-refractivity contribution in [3.63, 3.8) is 0 Å². The second-order valence-corrected chi connectivity index (χ2v) is 8.87. The smallest absolute Gasteiger partial charge is 0.312 e. The number of fused-ring (bicyclic) bond motifs is 1. The second-order valence-electron chi connectivity index (χ2n) is 8.87. The zero-order valence-electron chi connectivity index (χ0n) is 20.0. The van der Waals surface area contributed by atoms with Crippen molar-refractivity contribution in [2.75, 3.05) is 5.32 Å². The van der Waals surface area contributed by atoms with Crippen molar-refractivity contribution >= 4 is 40.3 Å². The molecule has 1 aliphatic carbocycles. The molecule has 3 aromatic rings. The molecule has 1 unspecified atom stereocenters. The van der Waals surface area contributed by atoms with Gasteiger partial charge in [0, 0.05) is 29.4 Å². The molecule has 10 heteroatoms. The number of carbonyl (C=O) groups is 2. The lowest BCUT2D eigenvalue weighted by molar-refractivity contribution is -0.139. The van der Waals surface area contributed by atoms with Gasteiger partial charge in [-0.05, 0) is 50.8 Å². The van der Waals surface area contributed by atoms with Crippen LogP contribution in [-0.2, 0) is 4.79 Å². The zero-order chi connectivity index (χ0) is 25.3. The number of carboxylic acids is 1. The summed E-state index contributed by atoms with van der Waals surface area (Å²) in [6, 6.07) is 3.23. The Kier molecular flexibility index (Phi) is 6.72. The number of ketones is 1. The van der Waals surface area contributed by atoms with Gasteiger partial charge in [0.15, 0.2) is 5.78 Å². The van der Waals surface area contributed by atoms with E-state index in [0.717, 1.165) is 25.7 Å². The number of carbonyl (C=O) groups excluding carboxylic acids is 1. The van der Waals surface area contributed by atoms with Gasteiger partial charge in [-0.2, -0.15) is 4.98 Å². The molecular formula is C25H28N6O4. The summed E-state index contributed by atoms with van der Waals surface area (Å²) in [5.41, 5.74) is 1.34. The van der Waals surface area contributed by atoms with E-state index in [-0.39, 0.29) is 34.6 Å². The van der Waals surface area contributed by atoms with E-state index in [1.807, 2.05) is 0 Å². The van der Waals surface area contributed by atoms with Crippen molar-refractivity contribution in [3.8, 4) is 0 Å². The van der Waals surface area contributed by atoms with Crippen molar-refractivity contribution in [1.82, 2.24) is 19.5 Å². The minimum Gasteiger partial charge on any atom is -0.481 e. The molecule has 1 atom stereocenters. The van der Waals surface area contributed by atoms with Gasteiger partial charge < -0.3 is 15.8 Å². The summed E-state index contributed by atoms with van der Waals surface area (Å²) in [4.78, 5) is 50.2. The number of pyridine rings is 2. The molecule has 0 bridgehead atoms. The van der Waals surface area contributed by atoms with Crippen molar-refractivity contribution in [2.24, 2.45) is 5.92 Å². The first kappa shape index (κ1) is 24.2. The average molecular weight is 477 g/mol. The van der Waals surface area contributed by atoms with E-state index in [0.29, 0.717) is 34.4 Å². The van der Waals surface area contributed by atoms with Gasteiger partial charge in [0.2, 0.25) is 5.95 Å². The van der Waals surface area contributed by atoms with E-state index in [2.05, 4.69) is 20.3 Å². The van der Waals surface area contributed by atoms with Gasteiger partial charge in [0.25, 0.3) is 5.56 Å². The highest BCUT2D eigenvalue weighted by Crippen LogP contribution is 2.32. The molecule has 182 valence electrons. The highest BCUT2D eigenvalue weighted by Gasteiger charge is 2.26. The molecule has 1 fully saturated rings. The van der Waals surface area contributed by atoms with Gasteiger partial charge in [-0.1, -0.05) is 19.8 Å². The third-order valence-corrected chi connectivity index (χ3v) is 6.62. The SMILES string of the molecule is CCC(C(=N)c1ccc(Nc2ncc3c(C)c(C(C)=O)c(=O)n(C4CCCC4)c3n2)nc1)C(=O)O. The fraction of sp³-hybridized carbons (Fsp3) is 0.400. The van der Waals surface area contributed by atoms with Gasteiger partial charge in [-0.15, -0.1) is 0 Å². The van der Waals surface area contributed by atoms with Crippen molar-refractivity contribution < 1.29 is 14.7 Å². The molecule has 3 aromatic heterocycles. The number of nitrogens with zero attached hydrogens (tertiary/aromatic N) is 4. The first-order chi connectivity index (χ1) is 16.7. The van der Waals surface area contributed by atoms with Crippen LogP contribution in [0.1, 0.15) is 73.5 Å². The summed E-state index contributed by atoms with van der Waals surface area (Å²) in [6.45, 7) is 4.87. The van der Waals surface area contributed by atoms with Crippen LogP contribution in [0, 0.1) is 18.3 Å². The number of hydrogen-bond acceptors (Lipinski definition) is 8. The molecule has 10 nitrogen and oxygen atoms in total. The minimum absolute atomic E-state index is 0.00154. The van der Waals surface area contributed by atoms with Crippen LogP contribution < -0.4 is 10.9 Å². The standard InChI is InChI=1S/C25H28N6O4/c1-4-17(24(34)35)21(26)15-9-10-19(27-11-15)29-25-28-12-18-13(2)20(14(3)32)23(33)31(22(18)30-25)16-7-5-6-8-16/h9-12,16-17,26H,4-8H2,1-3H3,(H,34,35)(H,27,28,29,30). The number of anilines is 2. The molecule has 0 aliphatic heterocycles. The Hall–Kier alpha value is -3.95. The molecule has 1 aliphatic rings. The number of rotatable bonds is 8. The lowest BCUT2D eigenvalue weighted by Gasteiger charge is -2.19. The third-order valence-electron chi connectivity index (χ3n) is 6.62. The summed E-state index contributed by atoms with van der Waals surface area (Å²) in [6.07, 6.45) is 7.11. The van der Waals surface area contributed by atoms with Crippen LogP contribution in [0.25, 0.3) is 11.0 Å². The molecule has 1 saturated carbocycles. The van der Waals surface area contributed by atoms with Gasteiger partial charge in [0.1, 0.15) is 11.5 Å². The summed E-state index contributed by atoms with van der Waals surface area (Å²) < 4.78 is 1.65. The number of hydrogen-bond donors (Lipinski definition) is 3. The number of aromatic nitrogens is 4. The van der Waals surface area contributed by atoms with Crippen LogP contribution in [0.5, 0.6) is 0 Å². The van der Waals surface area contributed by atoms with Gasteiger partial charge in [0.05, 0.1) is 17.2 Å². The van der Waals surface area contributed by atoms with E-state index in [1.54, 1.807) is 36.7 Å². The van der Waals surface area contributed by atoms with Gasteiger partial charge in [-0.25, -0.2) is 9.97 Å². The molecule has 0 radical (unpaired) electrons. The van der Waals surface area contributed by atoms with E-state index >= 15 is 0 Å². The Morgan fingerprint density at radius 3 is 2.51 bits per heavy atom. The Labute approximate surface area is 202 Å². The maximum absolute atomic E-state index is 13.3. The molecule has 0 saturated heterocycles. The van der Waals surface area contributed by atoms with Crippen molar-refractivity contribution in [3.05, 3.63) is 51.6 Å². The highest BCUT2D eigenvalue weighted by molar-refractivity contribution is 6.09. The summed E-state index contributed by atoms with van der Waals surface area (Å²) >= 11 is 0. The summed E-state index contributed by atoms with van der Waals surface area (Å²) in [5, 5.41) is 21.1. The topological polar surface area (TPSA) is 151 Å². The Morgan fingerprint density at radius 2 is 1.94 bits per heavy atom. The molecule has 0 amide bonds. The average Bonchev–Trinajstić information content (AvgIpc) is 3.34. The van der Waals surface area contributed by atoms with Crippen LogP contribution in [0.3, 0.4) is 0 Å². The van der Waals surface area contributed by atoms with Crippen LogP contribution >= 0.6 is 0 Å². The van der Waals surface area contributed by atoms with Crippen LogP contribution in [0.4, 0.5) is 11.8 Å². The van der Waals surface area contributed by atoms with E-state index in [4.69, 9.17) is 5.41 Å². The maximum Gasteiger partial charge on any atom is 0.312 e. The van der Waals surface area contributed by atoms with Crippen molar-refractivity contribution in [2.45, 2.75) is 58.9 Å². The largest absolute Gasteiger partial charge is 0.481 e. The van der Waals surface area contributed by atoms with E-state index < -0.39 is 11.9 Å². The highest BCUT2D eigenvalue weighted by atomic mass is 16.4. The monoisotopic (exact) mass is 476 g/mol. The van der Waals surface area contributed by atoms with E-state index in [9.17, 15) is 19.5 Å². The predicted molar refractivity (Wildman–Crippen MR) is 132 cm³/mol. The fourth-order valence-corrected chi connectivity index (χ4v) is 4.75. The summed E-state index contributed by atoms with van der Waals surface area (Å²) in [5.74, 6) is -1.55. The first-order valence-corrected chi connectivity index (χ1v) is 11.7. The zero-order valence-corrected chi connectivity index (χ0v) is 20.0. The number of carboxylic acid groups (broad SMARTS) is 1.